The van der Waals surface area contributed by atoms with Crippen LogP contribution in [0.5, 0.6) is 0 Å². The van der Waals surface area contributed by atoms with Gasteiger partial charge in [0, 0.05) is 61.6 Å². The second-order valence-corrected chi connectivity index (χ2v) is 8.23. The van der Waals surface area contributed by atoms with Crippen molar-refractivity contribution in [1.29, 1.82) is 0 Å². The van der Waals surface area contributed by atoms with Crippen molar-refractivity contribution < 1.29 is 4.39 Å². The zero-order valence-corrected chi connectivity index (χ0v) is 17.2. The van der Waals surface area contributed by atoms with E-state index in [-0.39, 0.29) is 11.7 Å². The predicted molar refractivity (Wildman–Crippen MR) is 119 cm³/mol. The Hall–Kier alpha value is -2.98. The number of aryl methyl sites for hydroxylation is 1. The highest BCUT2D eigenvalue weighted by Gasteiger charge is 2.24. The minimum absolute atomic E-state index is 0.215. The Kier molecular flexibility index (Phi) is 4.07. The lowest BCUT2D eigenvalue weighted by molar-refractivity contribution is 0.630. The SMILES string of the molecule is Cc1[nH]c(-c2cc(F)cc3[nH]ccc23)c(C(C)C)c1-c1c(Cl)ccc2[nH]ccc12. The van der Waals surface area contributed by atoms with E-state index in [1.807, 2.05) is 30.6 Å². The maximum atomic E-state index is 14.4. The van der Waals surface area contributed by atoms with Crippen molar-refractivity contribution in [3.8, 4) is 22.4 Å². The highest BCUT2D eigenvalue weighted by Crippen LogP contribution is 2.45. The van der Waals surface area contributed by atoms with Crippen molar-refractivity contribution in [1.82, 2.24) is 15.0 Å². The Bertz CT molecular complexity index is 1370. The van der Waals surface area contributed by atoms with E-state index in [2.05, 4.69) is 41.8 Å². The number of fused-ring (bicyclic) bond motifs is 2. The van der Waals surface area contributed by atoms with Gasteiger partial charge < -0.3 is 15.0 Å². The Morgan fingerprint density at radius 2 is 1.62 bits per heavy atom. The first-order valence-corrected chi connectivity index (χ1v) is 10.1. The molecule has 0 spiro atoms. The molecule has 3 nitrogen and oxygen atoms in total. The van der Waals surface area contributed by atoms with Crippen LogP contribution in [0.3, 0.4) is 0 Å². The summed E-state index contributed by atoms with van der Waals surface area (Å²) in [7, 11) is 0. The van der Waals surface area contributed by atoms with Gasteiger partial charge in [-0.05, 0) is 54.8 Å². The van der Waals surface area contributed by atoms with Crippen molar-refractivity contribution in [2.24, 2.45) is 0 Å². The number of hydrogen-bond acceptors (Lipinski definition) is 0. The van der Waals surface area contributed by atoms with Crippen LogP contribution in [-0.2, 0) is 0 Å². The van der Waals surface area contributed by atoms with Crippen LogP contribution in [0.4, 0.5) is 4.39 Å². The van der Waals surface area contributed by atoms with E-state index in [1.54, 1.807) is 6.07 Å². The summed E-state index contributed by atoms with van der Waals surface area (Å²) in [5.74, 6) is -0.0447. The molecule has 5 heteroatoms. The van der Waals surface area contributed by atoms with Crippen molar-refractivity contribution in [2.75, 3.05) is 0 Å². The molecule has 146 valence electrons. The largest absolute Gasteiger partial charge is 0.361 e. The Morgan fingerprint density at radius 1 is 0.897 bits per heavy atom. The summed E-state index contributed by atoms with van der Waals surface area (Å²) in [6.07, 6.45) is 3.77. The molecule has 5 aromatic rings. The number of aromatic amines is 3. The number of rotatable bonds is 3. The van der Waals surface area contributed by atoms with E-state index in [0.717, 1.165) is 55.4 Å². The monoisotopic (exact) mass is 405 g/mol. The molecule has 0 aliphatic heterocycles. The summed E-state index contributed by atoms with van der Waals surface area (Å²) in [5.41, 5.74) is 7.90. The summed E-state index contributed by atoms with van der Waals surface area (Å²) in [6, 6.07) is 11.1. The van der Waals surface area contributed by atoms with Gasteiger partial charge in [-0.25, -0.2) is 4.39 Å². The minimum atomic E-state index is -0.260. The lowest BCUT2D eigenvalue weighted by atomic mass is 9.89. The van der Waals surface area contributed by atoms with E-state index in [0.29, 0.717) is 5.02 Å². The van der Waals surface area contributed by atoms with Crippen LogP contribution in [0.25, 0.3) is 44.2 Å². The molecule has 0 atom stereocenters. The lowest BCUT2D eigenvalue weighted by Crippen LogP contribution is -1.94. The van der Waals surface area contributed by atoms with Crippen molar-refractivity contribution in [2.45, 2.75) is 26.7 Å². The molecule has 0 radical (unpaired) electrons. The fourth-order valence-electron chi connectivity index (χ4n) is 4.46. The number of hydrogen-bond donors (Lipinski definition) is 3. The van der Waals surface area contributed by atoms with Crippen molar-refractivity contribution in [3.05, 3.63) is 70.9 Å². The van der Waals surface area contributed by atoms with Crippen molar-refractivity contribution >= 4 is 33.4 Å². The molecule has 0 bridgehead atoms. The van der Waals surface area contributed by atoms with Gasteiger partial charge in [0.1, 0.15) is 5.82 Å². The number of aromatic nitrogens is 3. The average Bonchev–Trinajstić information content (AvgIpc) is 3.39. The molecule has 3 aromatic heterocycles. The normalized spacial score (nSPS) is 11.9. The smallest absolute Gasteiger partial charge is 0.125 e. The van der Waals surface area contributed by atoms with Gasteiger partial charge in [-0.15, -0.1) is 0 Å². The second kappa shape index (κ2) is 6.53. The molecule has 0 saturated heterocycles. The summed E-state index contributed by atoms with van der Waals surface area (Å²) in [5, 5.41) is 2.78. The van der Waals surface area contributed by atoms with Crippen LogP contribution >= 0.6 is 11.6 Å². The standard InChI is InChI=1S/C24H21ClFN3/c1-12(2)21-22(23-16-7-9-27-19(16)5-4-18(23)25)13(3)29-24(21)17-10-14(26)11-20-15(17)6-8-28-20/h4-12,27-29H,1-3H3. The van der Waals surface area contributed by atoms with E-state index >= 15 is 0 Å². The molecule has 0 aliphatic carbocycles. The fraction of sp³-hybridized carbons (Fsp3) is 0.167. The highest BCUT2D eigenvalue weighted by molar-refractivity contribution is 6.35. The maximum absolute atomic E-state index is 14.4. The summed E-state index contributed by atoms with van der Waals surface area (Å²) in [4.78, 5) is 9.95. The third-order valence-electron chi connectivity index (χ3n) is 5.64. The molecular formula is C24H21ClFN3. The zero-order chi connectivity index (χ0) is 20.3. The average molecular weight is 406 g/mol. The second-order valence-electron chi connectivity index (χ2n) is 7.82. The molecular weight excluding hydrogens is 385 g/mol. The van der Waals surface area contributed by atoms with Gasteiger partial charge in [-0.2, -0.15) is 0 Å². The number of halogens is 2. The van der Waals surface area contributed by atoms with Crippen LogP contribution < -0.4 is 0 Å². The van der Waals surface area contributed by atoms with E-state index in [1.165, 1.54) is 6.07 Å². The number of nitrogens with one attached hydrogen (secondary N) is 3. The van der Waals surface area contributed by atoms with Gasteiger partial charge >= 0.3 is 0 Å². The summed E-state index contributed by atoms with van der Waals surface area (Å²) < 4.78 is 14.4. The maximum Gasteiger partial charge on any atom is 0.125 e. The van der Waals surface area contributed by atoms with E-state index in [9.17, 15) is 4.39 Å². The summed E-state index contributed by atoms with van der Waals surface area (Å²) in [6.45, 7) is 6.38. The molecule has 2 aromatic carbocycles. The molecule has 3 N–H and O–H groups in total. The molecule has 0 fully saturated rings. The fourth-order valence-corrected chi connectivity index (χ4v) is 4.71. The Labute approximate surface area is 172 Å². The molecule has 0 aliphatic rings. The summed E-state index contributed by atoms with van der Waals surface area (Å²) >= 11 is 6.71. The first kappa shape index (κ1) is 18.1. The molecule has 0 unspecified atom stereocenters. The number of H-pyrrole nitrogens is 3. The predicted octanol–water partition coefficient (Wildman–Crippen LogP) is 7.54. The molecule has 5 rings (SSSR count). The highest BCUT2D eigenvalue weighted by atomic mass is 35.5. The Balaban J connectivity index is 1.88. The Morgan fingerprint density at radius 3 is 2.38 bits per heavy atom. The minimum Gasteiger partial charge on any atom is -0.361 e. The number of benzene rings is 2. The van der Waals surface area contributed by atoms with E-state index in [4.69, 9.17) is 11.6 Å². The van der Waals surface area contributed by atoms with Crippen molar-refractivity contribution in [3.63, 3.8) is 0 Å². The van der Waals surface area contributed by atoms with Crippen LogP contribution in [0.1, 0.15) is 31.0 Å². The third-order valence-corrected chi connectivity index (χ3v) is 5.95. The van der Waals surface area contributed by atoms with Gasteiger partial charge in [0.25, 0.3) is 0 Å². The van der Waals surface area contributed by atoms with E-state index < -0.39 is 0 Å². The third kappa shape index (κ3) is 2.70. The van der Waals surface area contributed by atoms with Gasteiger partial charge in [0.15, 0.2) is 0 Å². The molecule has 0 saturated carbocycles. The van der Waals surface area contributed by atoms with Gasteiger partial charge in [-0.3, -0.25) is 0 Å². The molecule has 0 amide bonds. The van der Waals surface area contributed by atoms with Crippen LogP contribution in [-0.4, -0.2) is 15.0 Å². The zero-order valence-electron chi connectivity index (χ0n) is 16.5. The van der Waals surface area contributed by atoms with Gasteiger partial charge in [0.05, 0.1) is 5.69 Å². The molecule has 3 heterocycles. The van der Waals surface area contributed by atoms with Crippen LogP contribution in [0.15, 0.2) is 48.8 Å². The van der Waals surface area contributed by atoms with Gasteiger partial charge in [0.2, 0.25) is 0 Å². The quantitative estimate of drug-likeness (QED) is 0.278. The first-order chi connectivity index (χ1) is 14.0. The van der Waals surface area contributed by atoms with Crippen LogP contribution in [0.2, 0.25) is 5.02 Å². The lowest BCUT2D eigenvalue weighted by Gasteiger charge is -2.15. The first-order valence-electron chi connectivity index (χ1n) is 9.71. The molecule has 29 heavy (non-hydrogen) atoms. The van der Waals surface area contributed by atoms with Gasteiger partial charge in [-0.1, -0.05) is 25.4 Å². The topological polar surface area (TPSA) is 47.4 Å². The van der Waals surface area contributed by atoms with Crippen LogP contribution in [0, 0.1) is 12.7 Å².